The van der Waals surface area contributed by atoms with Crippen LogP contribution in [-0.2, 0) is 4.79 Å². The van der Waals surface area contributed by atoms with Gasteiger partial charge < -0.3 is 16.0 Å². The molecule has 1 atom stereocenters. The Labute approximate surface area is 111 Å². The van der Waals surface area contributed by atoms with Gasteiger partial charge in [0.05, 0.1) is 6.20 Å². The van der Waals surface area contributed by atoms with Crippen molar-refractivity contribution >= 4 is 29.3 Å². The lowest BCUT2D eigenvalue weighted by molar-refractivity contribution is -0.123. The van der Waals surface area contributed by atoms with E-state index in [4.69, 9.17) is 11.6 Å². The van der Waals surface area contributed by atoms with Crippen LogP contribution >= 0.6 is 11.6 Å². The lowest BCUT2D eigenvalue weighted by Crippen LogP contribution is -2.44. The summed E-state index contributed by atoms with van der Waals surface area (Å²) in [5, 5.41) is 9.28. The lowest BCUT2D eigenvalue weighted by Gasteiger charge is -2.23. The highest BCUT2D eigenvalue weighted by atomic mass is 35.5. The van der Waals surface area contributed by atoms with Crippen LogP contribution in [0, 0.1) is 0 Å². The largest absolute Gasteiger partial charge is 0.357 e. The molecule has 6 nitrogen and oxygen atoms in total. The molecular weight excluding hydrogens is 254 g/mol. The van der Waals surface area contributed by atoms with E-state index < -0.39 is 0 Å². The van der Waals surface area contributed by atoms with Gasteiger partial charge in [-0.1, -0.05) is 11.6 Å². The van der Waals surface area contributed by atoms with Gasteiger partial charge >= 0.3 is 0 Å². The number of hydrogen-bond donors (Lipinski definition) is 3. The van der Waals surface area contributed by atoms with E-state index in [0.717, 1.165) is 25.9 Å². The summed E-state index contributed by atoms with van der Waals surface area (Å²) in [6.45, 7) is 3.42. The van der Waals surface area contributed by atoms with Gasteiger partial charge in [-0.15, -0.1) is 0 Å². The van der Waals surface area contributed by atoms with Crippen molar-refractivity contribution in [2.24, 2.45) is 0 Å². The smallest absolute Gasteiger partial charge is 0.242 e. The number of carbonyl (C=O) groups is 1. The fourth-order valence-corrected chi connectivity index (χ4v) is 1.93. The molecule has 7 heteroatoms. The number of amides is 1. The Hall–Kier alpha value is -1.56. The second-order valence-corrected chi connectivity index (χ2v) is 4.46. The summed E-state index contributed by atoms with van der Waals surface area (Å²) in [7, 11) is 0. The van der Waals surface area contributed by atoms with Gasteiger partial charge in [-0.2, -0.15) is 4.98 Å². The molecule has 1 aromatic rings. The first-order valence-electron chi connectivity index (χ1n) is 6.01. The first-order valence-corrected chi connectivity index (χ1v) is 6.39. The number of anilines is 2. The first-order chi connectivity index (χ1) is 8.70. The molecule has 0 bridgehead atoms. The second kappa shape index (κ2) is 5.86. The Morgan fingerprint density at radius 2 is 2.44 bits per heavy atom. The zero-order valence-electron chi connectivity index (χ0n) is 10.2. The summed E-state index contributed by atoms with van der Waals surface area (Å²) in [6.07, 6.45) is 3.25. The van der Waals surface area contributed by atoms with Gasteiger partial charge in [-0.05, 0) is 19.8 Å². The van der Waals surface area contributed by atoms with Crippen molar-refractivity contribution in [1.82, 2.24) is 15.3 Å². The number of nitrogens with zero attached hydrogens (tertiary/aromatic N) is 2. The first kappa shape index (κ1) is 12.9. The maximum Gasteiger partial charge on any atom is 0.242 e. The molecule has 0 aromatic carbocycles. The van der Waals surface area contributed by atoms with Crippen LogP contribution in [-0.4, -0.2) is 35.0 Å². The zero-order chi connectivity index (χ0) is 13.0. The van der Waals surface area contributed by atoms with E-state index >= 15 is 0 Å². The summed E-state index contributed by atoms with van der Waals surface area (Å²) in [4.78, 5) is 19.9. The van der Waals surface area contributed by atoms with Crippen LogP contribution in [0.1, 0.15) is 19.8 Å². The van der Waals surface area contributed by atoms with Crippen molar-refractivity contribution < 1.29 is 4.79 Å². The van der Waals surface area contributed by atoms with Gasteiger partial charge in [0.2, 0.25) is 11.9 Å². The average molecular weight is 270 g/mol. The molecule has 0 spiro atoms. The Morgan fingerprint density at radius 1 is 1.61 bits per heavy atom. The Kier molecular flexibility index (Phi) is 4.19. The third kappa shape index (κ3) is 3.01. The highest BCUT2D eigenvalue weighted by Crippen LogP contribution is 2.21. The molecule has 98 valence electrons. The third-order valence-corrected chi connectivity index (χ3v) is 2.95. The summed E-state index contributed by atoms with van der Waals surface area (Å²) in [5.41, 5.74) is 0. The average Bonchev–Trinajstić information content (AvgIpc) is 2.36. The number of nitrogens with one attached hydrogen (secondary N) is 3. The molecular formula is C11H16ClN5O. The van der Waals surface area contributed by atoms with Crippen LogP contribution in [0.5, 0.6) is 0 Å². The van der Waals surface area contributed by atoms with Gasteiger partial charge in [0.1, 0.15) is 11.1 Å². The molecule has 1 aliphatic heterocycles. The fourth-order valence-electron chi connectivity index (χ4n) is 1.79. The van der Waals surface area contributed by atoms with Crippen LogP contribution in [0.15, 0.2) is 6.20 Å². The van der Waals surface area contributed by atoms with Crippen LogP contribution in [0.3, 0.4) is 0 Å². The van der Waals surface area contributed by atoms with E-state index in [2.05, 4.69) is 25.9 Å². The maximum atomic E-state index is 11.6. The van der Waals surface area contributed by atoms with Crippen molar-refractivity contribution in [1.29, 1.82) is 0 Å². The van der Waals surface area contributed by atoms with E-state index in [9.17, 15) is 4.79 Å². The molecule has 2 rings (SSSR count). The monoisotopic (exact) mass is 269 g/mol. The van der Waals surface area contributed by atoms with E-state index in [1.54, 1.807) is 0 Å². The van der Waals surface area contributed by atoms with Crippen LogP contribution in [0.2, 0.25) is 5.02 Å². The maximum absolute atomic E-state index is 11.6. The number of halogens is 1. The van der Waals surface area contributed by atoms with Gasteiger partial charge in [-0.25, -0.2) is 4.98 Å². The molecule has 1 aromatic heterocycles. The van der Waals surface area contributed by atoms with Gasteiger partial charge in [0.15, 0.2) is 5.82 Å². The number of hydrogen-bond acceptors (Lipinski definition) is 5. The molecule has 1 saturated heterocycles. The van der Waals surface area contributed by atoms with Gasteiger partial charge in [0, 0.05) is 13.1 Å². The number of aromatic nitrogens is 2. The highest BCUT2D eigenvalue weighted by Gasteiger charge is 2.23. The molecule has 1 unspecified atom stereocenters. The van der Waals surface area contributed by atoms with Crippen LogP contribution in [0.4, 0.5) is 11.8 Å². The standard InChI is InChI=1S/C11H16ClN5O/c1-2-13-11-15-6-7(12)9(17-11)16-8-4-3-5-14-10(8)18/h6,8H,2-5H2,1H3,(H,14,18)(H2,13,15,16,17). The molecule has 1 amide bonds. The predicted octanol–water partition coefficient (Wildman–Crippen LogP) is 1.25. The molecule has 0 saturated carbocycles. The molecule has 1 aliphatic rings. The number of piperidine rings is 1. The molecule has 0 aliphatic carbocycles. The quantitative estimate of drug-likeness (QED) is 0.767. The lowest BCUT2D eigenvalue weighted by atomic mass is 10.1. The highest BCUT2D eigenvalue weighted by molar-refractivity contribution is 6.32. The van der Waals surface area contributed by atoms with Crippen molar-refractivity contribution in [3.05, 3.63) is 11.2 Å². The van der Waals surface area contributed by atoms with Crippen molar-refractivity contribution in [2.75, 3.05) is 23.7 Å². The molecule has 0 radical (unpaired) electrons. The van der Waals surface area contributed by atoms with Crippen molar-refractivity contribution in [2.45, 2.75) is 25.8 Å². The number of rotatable bonds is 4. The topological polar surface area (TPSA) is 78.9 Å². The zero-order valence-corrected chi connectivity index (χ0v) is 10.9. The summed E-state index contributed by atoms with van der Waals surface area (Å²) >= 11 is 6.02. The summed E-state index contributed by atoms with van der Waals surface area (Å²) in [6, 6.07) is -0.277. The second-order valence-electron chi connectivity index (χ2n) is 4.05. The SMILES string of the molecule is CCNc1ncc(Cl)c(NC2CCCNC2=O)n1. The van der Waals surface area contributed by atoms with Crippen molar-refractivity contribution in [3.8, 4) is 0 Å². The minimum Gasteiger partial charge on any atom is -0.357 e. The third-order valence-electron chi connectivity index (χ3n) is 2.68. The normalized spacial score (nSPS) is 19.2. The summed E-state index contributed by atoms with van der Waals surface area (Å²) in [5.74, 6) is 0.978. The van der Waals surface area contributed by atoms with Gasteiger partial charge in [0.25, 0.3) is 0 Å². The Morgan fingerprint density at radius 3 is 3.17 bits per heavy atom. The van der Waals surface area contributed by atoms with Gasteiger partial charge in [-0.3, -0.25) is 4.79 Å². The van der Waals surface area contributed by atoms with E-state index in [-0.39, 0.29) is 11.9 Å². The molecule has 3 N–H and O–H groups in total. The van der Waals surface area contributed by atoms with E-state index in [1.807, 2.05) is 6.92 Å². The molecule has 18 heavy (non-hydrogen) atoms. The molecule has 1 fully saturated rings. The minimum absolute atomic E-state index is 0.0130. The fraction of sp³-hybridized carbons (Fsp3) is 0.545. The Bertz CT molecular complexity index is 439. The summed E-state index contributed by atoms with van der Waals surface area (Å²) < 4.78 is 0. The minimum atomic E-state index is -0.277. The predicted molar refractivity (Wildman–Crippen MR) is 70.9 cm³/mol. The van der Waals surface area contributed by atoms with E-state index in [0.29, 0.717) is 16.8 Å². The Balaban J connectivity index is 2.11. The molecule has 2 heterocycles. The van der Waals surface area contributed by atoms with E-state index in [1.165, 1.54) is 6.20 Å². The van der Waals surface area contributed by atoms with Crippen LogP contribution < -0.4 is 16.0 Å². The number of carbonyl (C=O) groups excluding carboxylic acids is 1. The van der Waals surface area contributed by atoms with Crippen molar-refractivity contribution in [3.63, 3.8) is 0 Å². The van der Waals surface area contributed by atoms with Crippen LogP contribution in [0.25, 0.3) is 0 Å².